The second kappa shape index (κ2) is 9.87. The molecule has 0 radical (unpaired) electrons. The van der Waals surface area contributed by atoms with Gasteiger partial charge in [0.1, 0.15) is 23.1 Å². The summed E-state index contributed by atoms with van der Waals surface area (Å²) in [5.41, 5.74) is 2.39. The van der Waals surface area contributed by atoms with Gasteiger partial charge in [0.25, 0.3) is 5.56 Å². The van der Waals surface area contributed by atoms with Crippen molar-refractivity contribution in [1.29, 1.82) is 0 Å². The third-order valence-corrected chi connectivity index (χ3v) is 5.82. The van der Waals surface area contributed by atoms with Crippen molar-refractivity contribution in [1.82, 2.24) is 14.3 Å². The standard InChI is InChI=1S/C27H33N3O4/c1-5-6-9-22-24(25(31)30-16-8-7-10-23(30)28-22)19-11-13-20(14-12-19)33-21-15-17-29(18-21)26(32)34-27(2,3)4/h7-8,10-14,16,21H,5-6,9,15,17-18H2,1-4H3. The average molecular weight is 464 g/mol. The van der Waals surface area contributed by atoms with Gasteiger partial charge in [0, 0.05) is 19.2 Å². The number of nitrogens with zero attached hydrogens (tertiary/aromatic N) is 3. The van der Waals surface area contributed by atoms with Crippen LogP contribution in [-0.4, -0.2) is 45.2 Å². The van der Waals surface area contributed by atoms with Crippen molar-refractivity contribution in [2.75, 3.05) is 13.1 Å². The van der Waals surface area contributed by atoms with Gasteiger partial charge in [-0.1, -0.05) is 31.5 Å². The molecule has 1 unspecified atom stereocenters. The van der Waals surface area contributed by atoms with E-state index in [0.29, 0.717) is 30.0 Å². The van der Waals surface area contributed by atoms with Gasteiger partial charge in [-0.2, -0.15) is 0 Å². The normalized spacial score (nSPS) is 16.1. The molecule has 1 atom stereocenters. The molecule has 1 fully saturated rings. The fraction of sp³-hybridized carbons (Fsp3) is 0.444. The zero-order valence-electron chi connectivity index (χ0n) is 20.4. The number of rotatable bonds is 6. The molecular formula is C27H33N3O4. The van der Waals surface area contributed by atoms with Gasteiger partial charge in [-0.05, 0) is 63.4 Å². The number of carbonyl (C=O) groups is 1. The van der Waals surface area contributed by atoms with E-state index in [0.717, 1.165) is 36.9 Å². The van der Waals surface area contributed by atoms with Gasteiger partial charge in [0.05, 0.1) is 17.8 Å². The summed E-state index contributed by atoms with van der Waals surface area (Å²) in [6, 6.07) is 13.2. The molecule has 2 aromatic heterocycles. The first-order valence-electron chi connectivity index (χ1n) is 12.0. The highest BCUT2D eigenvalue weighted by Gasteiger charge is 2.30. The molecule has 180 valence electrons. The Morgan fingerprint density at radius 2 is 1.91 bits per heavy atom. The van der Waals surface area contributed by atoms with Crippen LogP contribution in [0.4, 0.5) is 4.79 Å². The number of hydrogen-bond donors (Lipinski definition) is 0. The van der Waals surface area contributed by atoms with Crippen molar-refractivity contribution in [3.05, 3.63) is 64.7 Å². The largest absolute Gasteiger partial charge is 0.489 e. The molecule has 0 aliphatic carbocycles. The Kier molecular flexibility index (Phi) is 6.91. The molecule has 1 aliphatic heterocycles. The lowest BCUT2D eigenvalue weighted by atomic mass is 10.0. The molecule has 0 spiro atoms. The van der Waals surface area contributed by atoms with E-state index in [2.05, 4.69) is 6.92 Å². The summed E-state index contributed by atoms with van der Waals surface area (Å²) in [4.78, 5) is 32.1. The molecule has 3 aromatic rings. The second-order valence-electron chi connectivity index (χ2n) is 9.75. The fourth-order valence-electron chi connectivity index (χ4n) is 4.16. The quantitative estimate of drug-likeness (QED) is 0.509. The Morgan fingerprint density at radius 3 is 2.62 bits per heavy atom. The highest BCUT2D eigenvalue weighted by atomic mass is 16.6. The number of likely N-dealkylation sites (tertiary alicyclic amines) is 1. The maximum Gasteiger partial charge on any atom is 0.410 e. The first-order chi connectivity index (χ1) is 16.2. The second-order valence-corrected chi connectivity index (χ2v) is 9.75. The molecule has 1 aliphatic rings. The maximum atomic E-state index is 13.3. The number of aromatic nitrogens is 2. The number of pyridine rings is 1. The van der Waals surface area contributed by atoms with E-state index in [1.54, 1.807) is 15.5 Å². The highest BCUT2D eigenvalue weighted by Crippen LogP contribution is 2.26. The fourth-order valence-corrected chi connectivity index (χ4v) is 4.16. The highest BCUT2D eigenvalue weighted by molar-refractivity contribution is 5.69. The minimum Gasteiger partial charge on any atom is -0.489 e. The summed E-state index contributed by atoms with van der Waals surface area (Å²) >= 11 is 0. The lowest BCUT2D eigenvalue weighted by molar-refractivity contribution is 0.0275. The molecule has 0 bridgehead atoms. The van der Waals surface area contributed by atoms with Crippen molar-refractivity contribution in [2.24, 2.45) is 0 Å². The zero-order valence-corrected chi connectivity index (χ0v) is 20.4. The molecule has 0 saturated carbocycles. The Bertz CT molecular complexity index is 1210. The number of hydrogen-bond acceptors (Lipinski definition) is 5. The minimum absolute atomic E-state index is 0.0610. The lowest BCUT2D eigenvalue weighted by Gasteiger charge is -2.24. The van der Waals surface area contributed by atoms with Gasteiger partial charge in [0.15, 0.2) is 0 Å². The van der Waals surface area contributed by atoms with Crippen molar-refractivity contribution < 1.29 is 14.3 Å². The van der Waals surface area contributed by atoms with Gasteiger partial charge in [-0.3, -0.25) is 9.20 Å². The summed E-state index contributed by atoms with van der Waals surface area (Å²) in [6.45, 7) is 8.82. The summed E-state index contributed by atoms with van der Waals surface area (Å²) in [6.07, 6.45) is 4.87. The molecule has 0 N–H and O–H groups in total. The van der Waals surface area contributed by atoms with Crippen LogP contribution in [0.15, 0.2) is 53.5 Å². The third-order valence-electron chi connectivity index (χ3n) is 5.82. The van der Waals surface area contributed by atoms with Crippen LogP contribution in [0, 0.1) is 0 Å². The van der Waals surface area contributed by atoms with Crippen LogP contribution in [0.25, 0.3) is 16.8 Å². The van der Waals surface area contributed by atoms with Crippen molar-refractivity contribution >= 4 is 11.7 Å². The number of ether oxygens (including phenoxy) is 2. The van der Waals surface area contributed by atoms with Crippen molar-refractivity contribution in [3.63, 3.8) is 0 Å². The van der Waals surface area contributed by atoms with E-state index in [1.165, 1.54) is 0 Å². The van der Waals surface area contributed by atoms with Crippen LogP contribution in [-0.2, 0) is 11.2 Å². The number of amides is 1. The summed E-state index contributed by atoms with van der Waals surface area (Å²) < 4.78 is 13.2. The van der Waals surface area contributed by atoms with Crippen LogP contribution in [0.5, 0.6) is 5.75 Å². The SMILES string of the molecule is CCCCc1nc2ccccn2c(=O)c1-c1ccc(OC2CCN(C(=O)OC(C)(C)C)C2)cc1. The van der Waals surface area contributed by atoms with E-state index in [4.69, 9.17) is 14.5 Å². The lowest BCUT2D eigenvalue weighted by Crippen LogP contribution is -2.36. The molecule has 1 saturated heterocycles. The van der Waals surface area contributed by atoms with E-state index in [-0.39, 0.29) is 17.8 Å². The van der Waals surface area contributed by atoms with Crippen molar-refractivity contribution in [3.8, 4) is 16.9 Å². The first-order valence-corrected chi connectivity index (χ1v) is 12.0. The van der Waals surface area contributed by atoms with Crippen LogP contribution in [0.2, 0.25) is 0 Å². The number of unbranched alkanes of at least 4 members (excludes halogenated alkanes) is 1. The first kappa shape index (κ1) is 23.8. The Hall–Kier alpha value is -3.35. The van der Waals surface area contributed by atoms with Gasteiger partial charge in [0.2, 0.25) is 0 Å². The Morgan fingerprint density at radius 1 is 1.15 bits per heavy atom. The molecule has 34 heavy (non-hydrogen) atoms. The number of benzene rings is 1. The monoisotopic (exact) mass is 463 g/mol. The van der Waals surface area contributed by atoms with Gasteiger partial charge in [-0.15, -0.1) is 0 Å². The number of carbonyl (C=O) groups excluding carboxylic acids is 1. The predicted octanol–water partition coefficient (Wildman–Crippen LogP) is 5.09. The maximum absolute atomic E-state index is 13.3. The molecule has 7 heteroatoms. The number of fused-ring (bicyclic) bond motifs is 1. The van der Waals surface area contributed by atoms with E-state index < -0.39 is 5.60 Å². The average Bonchev–Trinajstić information content (AvgIpc) is 3.26. The van der Waals surface area contributed by atoms with Crippen LogP contribution >= 0.6 is 0 Å². The van der Waals surface area contributed by atoms with Crippen LogP contribution in [0.3, 0.4) is 0 Å². The Balaban J connectivity index is 1.51. The summed E-state index contributed by atoms with van der Waals surface area (Å²) in [5.74, 6) is 0.712. The van der Waals surface area contributed by atoms with E-state index >= 15 is 0 Å². The minimum atomic E-state index is -0.516. The molecule has 4 rings (SSSR count). The molecule has 1 aromatic carbocycles. The third kappa shape index (κ3) is 5.41. The van der Waals surface area contributed by atoms with Gasteiger partial charge < -0.3 is 14.4 Å². The molecular weight excluding hydrogens is 430 g/mol. The summed E-state index contributed by atoms with van der Waals surface area (Å²) in [7, 11) is 0. The van der Waals surface area contributed by atoms with Crippen molar-refractivity contribution in [2.45, 2.75) is 65.1 Å². The smallest absolute Gasteiger partial charge is 0.410 e. The molecule has 1 amide bonds. The van der Waals surface area contributed by atoms with Gasteiger partial charge >= 0.3 is 6.09 Å². The molecule has 3 heterocycles. The summed E-state index contributed by atoms with van der Waals surface area (Å²) in [5, 5.41) is 0. The zero-order chi connectivity index (χ0) is 24.3. The van der Waals surface area contributed by atoms with Gasteiger partial charge in [-0.25, -0.2) is 9.78 Å². The predicted molar refractivity (Wildman–Crippen MR) is 132 cm³/mol. The van der Waals surface area contributed by atoms with Crippen LogP contribution in [0.1, 0.15) is 52.7 Å². The van der Waals surface area contributed by atoms with Crippen LogP contribution < -0.4 is 10.3 Å². The Labute approximate surface area is 200 Å². The molecule has 7 nitrogen and oxygen atoms in total. The topological polar surface area (TPSA) is 73.1 Å². The van der Waals surface area contributed by atoms with E-state index in [1.807, 2.05) is 63.2 Å². The van der Waals surface area contributed by atoms with E-state index in [9.17, 15) is 9.59 Å². The number of aryl methyl sites for hydroxylation is 1.